The van der Waals surface area contributed by atoms with Gasteiger partial charge in [0.15, 0.2) is 6.10 Å². The number of rotatable bonds is 51. The molecule has 0 spiro atoms. The lowest BCUT2D eigenvalue weighted by Gasteiger charge is -2.18. The zero-order valence-corrected chi connectivity index (χ0v) is 43.2. The van der Waals surface area contributed by atoms with Gasteiger partial charge in [0.2, 0.25) is 0 Å². The highest BCUT2D eigenvalue weighted by Crippen LogP contribution is 2.18. The van der Waals surface area contributed by atoms with Crippen molar-refractivity contribution in [3.05, 3.63) is 0 Å². The summed E-state index contributed by atoms with van der Waals surface area (Å²) in [5.74, 6) is 0.841. The molecule has 0 unspecified atom stereocenters. The molecule has 374 valence electrons. The lowest BCUT2D eigenvalue weighted by Crippen LogP contribution is -2.30. The predicted molar refractivity (Wildman–Crippen MR) is 270 cm³/mol. The maximum atomic E-state index is 12.8. The Labute approximate surface area is 393 Å². The van der Waals surface area contributed by atoms with E-state index in [2.05, 4.69) is 34.6 Å². The van der Waals surface area contributed by atoms with Crippen LogP contribution in [0.1, 0.15) is 317 Å². The Kier molecular flexibility index (Phi) is 48.6. The van der Waals surface area contributed by atoms with Crippen molar-refractivity contribution in [1.82, 2.24) is 0 Å². The predicted octanol–water partition coefficient (Wildman–Crippen LogP) is 18.5. The molecule has 0 aromatic heterocycles. The van der Waals surface area contributed by atoms with Gasteiger partial charge >= 0.3 is 17.9 Å². The maximum absolute atomic E-state index is 12.8. The second-order valence-electron chi connectivity index (χ2n) is 20.5. The number of carbonyl (C=O) groups is 3. The minimum Gasteiger partial charge on any atom is -0.462 e. The van der Waals surface area contributed by atoms with E-state index in [1.165, 1.54) is 205 Å². The van der Waals surface area contributed by atoms with Crippen LogP contribution in [-0.4, -0.2) is 37.2 Å². The Morgan fingerprint density at radius 1 is 0.302 bits per heavy atom. The van der Waals surface area contributed by atoms with Crippen molar-refractivity contribution in [2.24, 2.45) is 11.8 Å². The third-order valence-corrected chi connectivity index (χ3v) is 13.0. The van der Waals surface area contributed by atoms with Gasteiger partial charge in [-0.25, -0.2) is 0 Å². The summed E-state index contributed by atoms with van der Waals surface area (Å²) in [4.78, 5) is 38.1. The minimum absolute atomic E-state index is 0.0628. The van der Waals surface area contributed by atoms with Crippen LogP contribution >= 0.6 is 0 Å². The second-order valence-corrected chi connectivity index (χ2v) is 20.5. The molecule has 0 aromatic rings. The van der Waals surface area contributed by atoms with Crippen LogP contribution in [0.15, 0.2) is 0 Å². The average Bonchev–Trinajstić information content (AvgIpc) is 3.25. The van der Waals surface area contributed by atoms with Crippen molar-refractivity contribution in [2.75, 3.05) is 13.2 Å². The van der Waals surface area contributed by atoms with Crippen molar-refractivity contribution in [3.63, 3.8) is 0 Å². The standard InChI is InChI=1S/C57H110O6/c1-6-7-8-9-10-11-12-22-27-32-37-42-47-55(58)61-50-54(51-62-56(59)48-43-38-33-28-23-19-18-21-26-31-36-41-46-53(4)5)63-57(60)49-44-39-34-29-24-17-15-13-14-16-20-25-30-35-40-45-52(2)3/h52-54H,6-51H2,1-5H3/t54-/m0/s1. The van der Waals surface area contributed by atoms with Crippen molar-refractivity contribution < 1.29 is 28.6 Å². The summed E-state index contributed by atoms with van der Waals surface area (Å²) >= 11 is 0. The van der Waals surface area contributed by atoms with Gasteiger partial charge in [-0.15, -0.1) is 0 Å². The number of carbonyl (C=O) groups excluding carboxylic acids is 3. The van der Waals surface area contributed by atoms with Crippen molar-refractivity contribution in [2.45, 2.75) is 323 Å². The Morgan fingerprint density at radius 2 is 0.524 bits per heavy atom. The molecule has 0 saturated carbocycles. The van der Waals surface area contributed by atoms with E-state index in [9.17, 15) is 14.4 Å². The molecule has 0 N–H and O–H groups in total. The van der Waals surface area contributed by atoms with E-state index in [-0.39, 0.29) is 31.1 Å². The minimum atomic E-state index is -0.762. The summed E-state index contributed by atoms with van der Waals surface area (Å²) in [6, 6.07) is 0. The zero-order valence-electron chi connectivity index (χ0n) is 43.2. The second kappa shape index (κ2) is 49.8. The summed E-state index contributed by atoms with van der Waals surface area (Å²) in [6.45, 7) is 11.4. The zero-order chi connectivity index (χ0) is 46.1. The number of esters is 3. The van der Waals surface area contributed by atoms with Gasteiger partial charge in [0, 0.05) is 19.3 Å². The highest BCUT2D eigenvalue weighted by Gasteiger charge is 2.19. The van der Waals surface area contributed by atoms with Gasteiger partial charge < -0.3 is 14.2 Å². The molecule has 0 aliphatic rings. The molecule has 1 atom stereocenters. The van der Waals surface area contributed by atoms with Gasteiger partial charge in [-0.05, 0) is 31.1 Å². The van der Waals surface area contributed by atoms with Gasteiger partial charge in [0.05, 0.1) is 0 Å². The SMILES string of the molecule is CCCCCCCCCCCCCCC(=O)OC[C@@H](COC(=O)CCCCCCCCCCCCCCC(C)C)OC(=O)CCCCCCCCCCCCCCCCCC(C)C. The molecule has 0 amide bonds. The van der Waals surface area contributed by atoms with Crippen molar-refractivity contribution in [3.8, 4) is 0 Å². The van der Waals surface area contributed by atoms with Crippen molar-refractivity contribution >= 4 is 17.9 Å². The highest BCUT2D eigenvalue weighted by atomic mass is 16.6. The first-order chi connectivity index (χ1) is 30.7. The lowest BCUT2D eigenvalue weighted by molar-refractivity contribution is -0.167. The summed E-state index contributed by atoms with van der Waals surface area (Å²) in [5.41, 5.74) is 0. The fraction of sp³-hybridized carbons (Fsp3) is 0.947. The first kappa shape index (κ1) is 61.4. The van der Waals surface area contributed by atoms with E-state index in [4.69, 9.17) is 14.2 Å². The quantitative estimate of drug-likeness (QED) is 0.0344. The smallest absolute Gasteiger partial charge is 0.306 e. The summed E-state index contributed by atoms with van der Waals surface area (Å²) in [7, 11) is 0. The number of hydrogen-bond donors (Lipinski definition) is 0. The number of hydrogen-bond acceptors (Lipinski definition) is 6. The van der Waals surface area contributed by atoms with Gasteiger partial charge in [-0.2, -0.15) is 0 Å². The average molecular weight is 892 g/mol. The molecular weight excluding hydrogens is 781 g/mol. The normalized spacial score (nSPS) is 12.0. The molecular formula is C57H110O6. The van der Waals surface area contributed by atoms with E-state index in [0.717, 1.165) is 69.6 Å². The first-order valence-electron chi connectivity index (χ1n) is 28.2. The molecule has 6 nitrogen and oxygen atoms in total. The van der Waals surface area contributed by atoms with Crippen LogP contribution in [0.4, 0.5) is 0 Å². The fourth-order valence-electron chi connectivity index (χ4n) is 8.70. The Bertz CT molecular complexity index is 962. The molecule has 0 bridgehead atoms. The highest BCUT2D eigenvalue weighted by molar-refractivity contribution is 5.71. The van der Waals surface area contributed by atoms with E-state index in [1.807, 2.05) is 0 Å². The molecule has 0 saturated heterocycles. The molecule has 0 radical (unpaired) electrons. The topological polar surface area (TPSA) is 78.9 Å². The molecule has 0 fully saturated rings. The molecule has 0 aliphatic heterocycles. The van der Waals surface area contributed by atoms with Crippen LogP contribution in [0.3, 0.4) is 0 Å². The van der Waals surface area contributed by atoms with Gasteiger partial charge in [-0.1, -0.05) is 279 Å². The van der Waals surface area contributed by atoms with Crippen molar-refractivity contribution in [1.29, 1.82) is 0 Å². The molecule has 0 heterocycles. The Hall–Kier alpha value is -1.59. The molecule has 0 aliphatic carbocycles. The summed E-state index contributed by atoms with van der Waals surface area (Å²) in [5, 5.41) is 0. The van der Waals surface area contributed by atoms with E-state index in [1.54, 1.807) is 0 Å². The van der Waals surface area contributed by atoms with Crippen LogP contribution < -0.4 is 0 Å². The maximum Gasteiger partial charge on any atom is 0.306 e. The largest absolute Gasteiger partial charge is 0.462 e. The van der Waals surface area contributed by atoms with Crippen LogP contribution in [-0.2, 0) is 28.6 Å². The number of ether oxygens (including phenoxy) is 3. The van der Waals surface area contributed by atoms with Crippen LogP contribution in [0.5, 0.6) is 0 Å². The van der Waals surface area contributed by atoms with Gasteiger partial charge in [0.1, 0.15) is 13.2 Å². The van der Waals surface area contributed by atoms with E-state index < -0.39 is 6.10 Å². The summed E-state index contributed by atoms with van der Waals surface area (Å²) in [6.07, 6.45) is 52.3. The molecule has 0 aromatic carbocycles. The van der Waals surface area contributed by atoms with Crippen LogP contribution in [0.25, 0.3) is 0 Å². The fourth-order valence-corrected chi connectivity index (χ4v) is 8.70. The van der Waals surface area contributed by atoms with E-state index in [0.29, 0.717) is 19.3 Å². The van der Waals surface area contributed by atoms with Crippen LogP contribution in [0, 0.1) is 11.8 Å². The van der Waals surface area contributed by atoms with E-state index >= 15 is 0 Å². The first-order valence-corrected chi connectivity index (χ1v) is 28.2. The molecule has 6 heteroatoms. The van der Waals surface area contributed by atoms with Gasteiger partial charge in [-0.3, -0.25) is 14.4 Å². The van der Waals surface area contributed by atoms with Gasteiger partial charge in [0.25, 0.3) is 0 Å². The molecule has 63 heavy (non-hydrogen) atoms. The Morgan fingerprint density at radius 3 is 0.778 bits per heavy atom. The Balaban J connectivity index is 4.29. The van der Waals surface area contributed by atoms with Crippen LogP contribution in [0.2, 0.25) is 0 Å². The molecule has 0 rings (SSSR count). The monoisotopic (exact) mass is 891 g/mol. The summed E-state index contributed by atoms with van der Waals surface area (Å²) < 4.78 is 16.9. The lowest BCUT2D eigenvalue weighted by atomic mass is 10.0. The third kappa shape index (κ3) is 51.3. The number of unbranched alkanes of at least 4 members (excludes halogenated alkanes) is 36. The third-order valence-electron chi connectivity index (χ3n) is 13.0.